The van der Waals surface area contributed by atoms with Crippen LogP contribution in [0, 0.1) is 5.92 Å². The van der Waals surface area contributed by atoms with Crippen LogP contribution in [0.2, 0.25) is 0 Å². The Bertz CT molecular complexity index is 804. The van der Waals surface area contributed by atoms with Crippen molar-refractivity contribution in [2.75, 3.05) is 12.8 Å². The van der Waals surface area contributed by atoms with Gasteiger partial charge in [0.25, 0.3) is 5.91 Å². The maximum Gasteiger partial charge on any atom is 0.252 e. The fourth-order valence-corrected chi connectivity index (χ4v) is 3.10. The number of sulfone groups is 1. The Morgan fingerprint density at radius 2 is 2.13 bits per heavy atom. The molecule has 3 rings (SSSR count). The van der Waals surface area contributed by atoms with E-state index in [1.54, 1.807) is 6.20 Å². The van der Waals surface area contributed by atoms with Crippen LogP contribution < -0.4 is 5.32 Å². The molecule has 0 bridgehead atoms. The first-order chi connectivity index (χ1) is 10.9. The Morgan fingerprint density at radius 1 is 1.30 bits per heavy atom. The highest BCUT2D eigenvalue weighted by Gasteiger charge is 2.38. The molecule has 1 fully saturated rings. The lowest BCUT2D eigenvalue weighted by molar-refractivity contribution is 0.0951. The van der Waals surface area contributed by atoms with Crippen LogP contribution in [-0.2, 0) is 9.84 Å². The average molecular weight is 331 g/mol. The van der Waals surface area contributed by atoms with Gasteiger partial charge >= 0.3 is 0 Å². The van der Waals surface area contributed by atoms with Crippen molar-refractivity contribution in [2.24, 2.45) is 5.92 Å². The molecule has 0 saturated heterocycles. The van der Waals surface area contributed by atoms with Crippen molar-refractivity contribution < 1.29 is 13.2 Å². The second-order valence-electron chi connectivity index (χ2n) is 5.76. The maximum atomic E-state index is 12.1. The number of carbonyl (C=O) groups excluding carboxylic acids is 1. The monoisotopic (exact) mass is 331 g/mol. The predicted octanol–water partition coefficient (Wildman–Crippen LogP) is 1.41. The molecule has 2 aromatic heterocycles. The van der Waals surface area contributed by atoms with Crippen LogP contribution in [0.15, 0.2) is 47.9 Å². The molecule has 1 N–H and O–H groups in total. The summed E-state index contributed by atoms with van der Waals surface area (Å²) in [5.74, 6) is 0.635. The molecule has 1 aliphatic rings. The van der Waals surface area contributed by atoms with E-state index in [1.807, 2.05) is 18.3 Å². The second-order valence-corrected chi connectivity index (χ2v) is 7.72. The average Bonchev–Trinajstić information content (AvgIpc) is 3.32. The third kappa shape index (κ3) is 3.73. The molecular weight excluding hydrogens is 314 g/mol. The molecule has 0 unspecified atom stereocenters. The molecule has 120 valence electrons. The lowest BCUT2D eigenvalue weighted by Crippen LogP contribution is -2.26. The van der Waals surface area contributed by atoms with Crippen molar-refractivity contribution in [3.63, 3.8) is 0 Å². The van der Waals surface area contributed by atoms with E-state index >= 15 is 0 Å². The van der Waals surface area contributed by atoms with Gasteiger partial charge in [-0.25, -0.2) is 13.4 Å². The number of nitrogens with zero attached hydrogens (tertiary/aromatic N) is 2. The summed E-state index contributed by atoms with van der Waals surface area (Å²) in [6.07, 6.45) is 7.02. The minimum Gasteiger partial charge on any atom is -0.352 e. The molecule has 1 amide bonds. The summed E-state index contributed by atoms with van der Waals surface area (Å²) in [4.78, 5) is 20.0. The Labute approximate surface area is 134 Å². The van der Waals surface area contributed by atoms with E-state index in [-0.39, 0.29) is 10.9 Å². The van der Waals surface area contributed by atoms with E-state index in [9.17, 15) is 13.2 Å². The summed E-state index contributed by atoms with van der Waals surface area (Å²) in [6, 6.07) is 6.79. The smallest absolute Gasteiger partial charge is 0.252 e. The van der Waals surface area contributed by atoms with E-state index in [1.165, 1.54) is 23.9 Å². The summed E-state index contributed by atoms with van der Waals surface area (Å²) in [5.41, 5.74) is 1.56. The molecule has 1 saturated carbocycles. The van der Waals surface area contributed by atoms with Crippen molar-refractivity contribution in [2.45, 2.75) is 17.4 Å². The molecule has 1 aliphatic carbocycles. The molecule has 2 atom stereocenters. The van der Waals surface area contributed by atoms with Gasteiger partial charge in [-0.1, -0.05) is 6.07 Å². The van der Waals surface area contributed by atoms with Gasteiger partial charge in [-0.3, -0.25) is 9.78 Å². The molecule has 0 spiro atoms. The summed E-state index contributed by atoms with van der Waals surface area (Å²) in [7, 11) is -3.35. The first-order valence-corrected chi connectivity index (χ1v) is 9.18. The fraction of sp³-hybridized carbons (Fsp3) is 0.312. The highest BCUT2D eigenvalue weighted by Crippen LogP contribution is 2.46. The van der Waals surface area contributed by atoms with Crippen LogP contribution in [0.25, 0.3) is 0 Å². The predicted molar refractivity (Wildman–Crippen MR) is 84.8 cm³/mol. The van der Waals surface area contributed by atoms with Crippen molar-refractivity contribution in [3.8, 4) is 0 Å². The molecular formula is C16H17N3O3S. The van der Waals surface area contributed by atoms with E-state index in [2.05, 4.69) is 15.3 Å². The van der Waals surface area contributed by atoms with Crippen LogP contribution >= 0.6 is 0 Å². The molecule has 6 nitrogen and oxygen atoms in total. The molecule has 0 radical (unpaired) electrons. The Balaban J connectivity index is 1.55. The van der Waals surface area contributed by atoms with Crippen molar-refractivity contribution in [1.82, 2.24) is 15.3 Å². The number of amides is 1. The quantitative estimate of drug-likeness (QED) is 0.895. The van der Waals surface area contributed by atoms with Gasteiger partial charge in [0.1, 0.15) is 0 Å². The number of pyridine rings is 2. The van der Waals surface area contributed by atoms with E-state index in [0.717, 1.165) is 12.7 Å². The van der Waals surface area contributed by atoms with Crippen LogP contribution in [-0.4, -0.2) is 37.1 Å². The topological polar surface area (TPSA) is 89.0 Å². The summed E-state index contributed by atoms with van der Waals surface area (Å²) in [6.45, 7) is 0.590. The van der Waals surface area contributed by atoms with Crippen molar-refractivity contribution in [3.05, 3.63) is 54.0 Å². The zero-order chi connectivity index (χ0) is 16.4. The Kier molecular flexibility index (Phi) is 4.12. The van der Waals surface area contributed by atoms with E-state index in [0.29, 0.717) is 23.9 Å². The van der Waals surface area contributed by atoms with Gasteiger partial charge in [0.05, 0.1) is 5.56 Å². The third-order valence-corrected chi connectivity index (χ3v) is 4.94. The zero-order valence-electron chi connectivity index (χ0n) is 12.6. The molecule has 23 heavy (non-hydrogen) atoms. The van der Waals surface area contributed by atoms with Crippen LogP contribution in [0.1, 0.15) is 28.3 Å². The molecule has 0 aromatic carbocycles. The lowest BCUT2D eigenvalue weighted by Gasteiger charge is -2.05. The normalized spacial score (nSPS) is 20.0. The first kappa shape index (κ1) is 15.6. The number of rotatable bonds is 5. The van der Waals surface area contributed by atoms with Crippen LogP contribution in [0.4, 0.5) is 0 Å². The SMILES string of the molecule is CS(=O)(=O)c1ccc(C(=O)NC[C@@H]2C[C@H]2c2cccnc2)cn1. The number of aromatic nitrogens is 2. The molecule has 7 heteroatoms. The lowest BCUT2D eigenvalue weighted by atomic mass is 10.1. The number of nitrogens with one attached hydrogen (secondary N) is 1. The van der Waals surface area contributed by atoms with Gasteiger partial charge in [0, 0.05) is 31.4 Å². The van der Waals surface area contributed by atoms with Gasteiger partial charge in [0.2, 0.25) is 0 Å². The second kappa shape index (κ2) is 6.08. The van der Waals surface area contributed by atoms with Crippen LogP contribution in [0.5, 0.6) is 0 Å². The Hall–Kier alpha value is -2.28. The fourth-order valence-electron chi connectivity index (χ4n) is 2.54. The standard InChI is InChI=1S/C16H17N3O3S/c1-23(21,22)15-5-4-12(9-18-15)16(20)19-10-13-7-14(13)11-3-2-6-17-8-11/h2-6,8-9,13-14H,7,10H2,1H3,(H,19,20)/t13-,14-/m0/s1. The van der Waals surface area contributed by atoms with E-state index < -0.39 is 9.84 Å². The minimum atomic E-state index is -3.35. The molecule has 2 aromatic rings. The number of carbonyl (C=O) groups is 1. The maximum absolute atomic E-state index is 12.1. The number of hydrogen-bond donors (Lipinski definition) is 1. The number of hydrogen-bond acceptors (Lipinski definition) is 5. The molecule has 2 heterocycles. The molecule has 0 aliphatic heterocycles. The highest BCUT2D eigenvalue weighted by molar-refractivity contribution is 7.90. The van der Waals surface area contributed by atoms with Crippen molar-refractivity contribution in [1.29, 1.82) is 0 Å². The summed E-state index contributed by atoms with van der Waals surface area (Å²) >= 11 is 0. The summed E-state index contributed by atoms with van der Waals surface area (Å²) < 4.78 is 22.7. The van der Waals surface area contributed by atoms with Crippen LogP contribution in [0.3, 0.4) is 0 Å². The Morgan fingerprint density at radius 3 is 2.74 bits per heavy atom. The van der Waals surface area contributed by atoms with E-state index in [4.69, 9.17) is 0 Å². The van der Waals surface area contributed by atoms with Gasteiger partial charge in [0.15, 0.2) is 14.9 Å². The van der Waals surface area contributed by atoms with Gasteiger partial charge in [-0.15, -0.1) is 0 Å². The van der Waals surface area contributed by atoms with Gasteiger partial charge in [-0.2, -0.15) is 0 Å². The third-order valence-electron chi connectivity index (χ3n) is 3.94. The minimum absolute atomic E-state index is 0.0344. The largest absolute Gasteiger partial charge is 0.352 e. The van der Waals surface area contributed by atoms with Gasteiger partial charge in [-0.05, 0) is 42.0 Å². The summed E-state index contributed by atoms with van der Waals surface area (Å²) in [5, 5.41) is 2.84. The highest BCUT2D eigenvalue weighted by atomic mass is 32.2. The zero-order valence-corrected chi connectivity index (χ0v) is 13.5. The first-order valence-electron chi connectivity index (χ1n) is 7.29. The van der Waals surface area contributed by atoms with Gasteiger partial charge < -0.3 is 5.32 Å². The van der Waals surface area contributed by atoms with Crippen molar-refractivity contribution >= 4 is 15.7 Å².